The Balaban J connectivity index is 2.01. The molecule has 4 heteroatoms. The number of carbonyl (C=O) groups is 1. The number of methoxy groups -OCH3 is 1. The molecule has 2 aromatic rings. The molecule has 0 unspecified atom stereocenters. The highest BCUT2D eigenvalue weighted by Gasteiger charge is 2.09. The Hall–Kier alpha value is -2.62. The van der Waals surface area contributed by atoms with Crippen LogP contribution < -0.4 is 4.74 Å². The SMILES string of the molecule is COc1ccccc1/C(C)=C/C(=O)N(C)CCc1ccncc1. The van der Waals surface area contributed by atoms with Crippen LogP contribution in [0.3, 0.4) is 0 Å². The lowest BCUT2D eigenvalue weighted by molar-refractivity contribution is -0.124. The van der Waals surface area contributed by atoms with E-state index < -0.39 is 0 Å². The number of allylic oxidation sites excluding steroid dienone is 1. The minimum Gasteiger partial charge on any atom is -0.496 e. The Morgan fingerprint density at radius 3 is 2.61 bits per heavy atom. The summed E-state index contributed by atoms with van der Waals surface area (Å²) in [6, 6.07) is 11.6. The summed E-state index contributed by atoms with van der Waals surface area (Å²) in [5.41, 5.74) is 3.00. The van der Waals surface area contributed by atoms with E-state index in [-0.39, 0.29) is 5.91 Å². The molecule has 0 fully saturated rings. The highest BCUT2D eigenvalue weighted by molar-refractivity contribution is 5.95. The molecule has 1 heterocycles. The van der Waals surface area contributed by atoms with E-state index in [0.29, 0.717) is 6.54 Å². The van der Waals surface area contributed by atoms with Gasteiger partial charge in [0, 0.05) is 37.6 Å². The van der Waals surface area contributed by atoms with Gasteiger partial charge in [-0.2, -0.15) is 0 Å². The average Bonchev–Trinajstić information content (AvgIpc) is 2.60. The summed E-state index contributed by atoms with van der Waals surface area (Å²) in [5.74, 6) is 0.760. The number of para-hydroxylation sites is 1. The van der Waals surface area contributed by atoms with Gasteiger partial charge in [-0.1, -0.05) is 18.2 Å². The molecule has 0 aliphatic heterocycles. The van der Waals surface area contributed by atoms with Gasteiger partial charge in [-0.25, -0.2) is 0 Å². The van der Waals surface area contributed by atoms with Gasteiger partial charge < -0.3 is 9.64 Å². The number of ether oxygens (including phenoxy) is 1. The average molecular weight is 310 g/mol. The molecule has 0 spiro atoms. The quantitative estimate of drug-likeness (QED) is 0.770. The first-order valence-corrected chi connectivity index (χ1v) is 7.57. The number of benzene rings is 1. The van der Waals surface area contributed by atoms with Crippen molar-refractivity contribution in [2.45, 2.75) is 13.3 Å². The van der Waals surface area contributed by atoms with Gasteiger partial charge in [-0.05, 0) is 42.7 Å². The van der Waals surface area contributed by atoms with Crippen molar-refractivity contribution < 1.29 is 9.53 Å². The number of rotatable bonds is 6. The zero-order valence-corrected chi connectivity index (χ0v) is 13.8. The number of hydrogen-bond donors (Lipinski definition) is 0. The Bertz CT molecular complexity index is 681. The van der Waals surface area contributed by atoms with Crippen molar-refractivity contribution in [3.8, 4) is 5.75 Å². The van der Waals surface area contributed by atoms with Crippen molar-refractivity contribution in [2.75, 3.05) is 20.7 Å². The number of amides is 1. The number of aromatic nitrogens is 1. The van der Waals surface area contributed by atoms with Crippen LogP contribution in [0.4, 0.5) is 0 Å². The summed E-state index contributed by atoms with van der Waals surface area (Å²) in [5, 5.41) is 0. The second-order valence-corrected chi connectivity index (χ2v) is 5.39. The molecule has 2 rings (SSSR count). The van der Waals surface area contributed by atoms with Crippen LogP contribution in [-0.4, -0.2) is 36.5 Å². The Morgan fingerprint density at radius 1 is 1.22 bits per heavy atom. The number of carbonyl (C=O) groups excluding carboxylic acids is 1. The highest BCUT2D eigenvalue weighted by atomic mass is 16.5. The smallest absolute Gasteiger partial charge is 0.246 e. The van der Waals surface area contributed by atoms with Crippen molar-refractivity contribution in [3.05, 3.63) is 66.0 Å². The molecule has 1 aromatic heterocycles. The topological polar surface area (TPSA) is 42.4 Å². The fraction of sp³-hybridized carbons (Fsp3) is 0.263. The van der Waals surface area contributed by atoms with Crippen molar-refractivity contribution >= 4 is 11.5 Å². The van der Waals surface area contributed by atoms with E-state index in [4.69, 9.17) is 4.74 Å². The van der Waals surface area contributed by atoms with Crippen molar-refractivity contribution in [1.29, 1.82) is 0 Å². The van der Waals surface area contributed by atoms with E-state index in [1.165, 1.54) is 5.56 Å². The molecule has 0 atom stereocenters. The lowest BCUT2D eigenvalue weighted by atomic mass is 10.1. The molecule has 0 saturated carbocycles. The predicted molar refractivity (Wildman–Crippen MR) is 92.2 cm³/mol. The Labute approximate surface area is 137 Å². The molecule has 1 amide bonds. The summed E-state index contributed by atoms with van der Waals surface area (Å²) in [6.07, 6.45) is 6.00. The second kappa shape index (κ2) is 8.13. The molecular weight excluding hydrogens is 288 g/mol. The minimum absolute atomic E-state index is 0.0116. The summed E-state index contributed by atoms with van der Waals surface area (Å²) >= 11 is 0. The van der Waals surface area contributed by atoms with Crippen molar-refractivity contribution in [1.82, 2.24) is 9.88 Å². The van der Waals surface area contributed by atoms with Gasteiger partial charge in [-0.15, -0.1) is 0 Å². The molecule has 0 radical (unpaired) electrons. The molecule has 0 aliphatic carbocycles. The van der Waals surface area contributed by atoms with Crippen LogP contribution in [0.15, 0.2) is 54.9 Å². The van der Waals surface area contributed by atoms with E-state index in [1.54, 1.807) is 30.5 Å². The van der Waals surface area contributed by atoms with Crippen LogP contribution in [0, 0.1) is 0 Å². The summed E-state index contributed by atoms with van der Waals surface area (Å²) < 4.78 is 5.34. The lowest BCUT2D eigenvalue weighted by Crippen LogP contribution is -2.27. The van der Waals surface area contributed by atoms with Gasteiger partial charge in [0.25, 0.3) is 0 Å². The van der Waals surface area contributed by atoms with Crippen LogP contribution in [-0.2, 0) is 11.2 Å². The summed E-state index contributed by atoms with van der Waals surface area (Å²) in [6.45, 7) is 2.59. The largest absolute Gasteiger partial charge is 0.496 e. The Kier molecular flexibility index (Phi) is 5.92. The third-order valence-corrected chi connectivity index (χ3v) is 3.73. The molecule has 0 saturated heterocycles. The fourth-order valence-electron chi connectivity index (χ4n) is 2.30. The Morgan fingerprint density at radius 2 is 1.91 bits per heavy atom. The van der Waals surface area contributed by atoms with E-state index in [1.807, 2.05) is 50.4 Å². The van der Waals surface area contributed by atoms with Crippen LogP contribution in [0.5, 0.6) is 5.75 Å². The molecule has 4 nitrogen and oxygen atoms in total. The highest BCUT2D eigenvalue weighted by Crippen LogP contribution is 2.25. The van der Waals surface area contributed by atoms with Crippen LogP contribution in [0.1, 0.15) is 18.1 Å². The summed E-state index contributed by atoms with van der Waals surface area (Å²) in [4.78, 5) is 18.1. The van der Waals surface area contributed by atoms with Gasteiger partial charge in [0.05, 0.1) is 7.11 Å². The minimum atomic E-state index is -0.0116. The molecule has 0 N–H and O–H groups in total. The van der Waals surface area contributed by atoms with E-state index >= 15 is 0 Å². The molecule has 0 bridgehead atoms. The van der Waals surface area contributed by atoms with Crippen LogP contribution >= 0.6 is 0 Å². The standard InChI is InChI=1S/C19H22N2O2/c1-15(17-6-4-5-7-18(17)23-3)14-19(22)21(2)13-10-16-8-11-20-12-9-16/h4-9,11-12,14H,10,13H2,1-3H3/b15-14+. The molecule has 0 aliphatic rings. The molecular formula is C19H22N2O2. The van der Waals surface area contributed by atoms with Gasteiger partial charge >= 0.3 is 0 Å². The zero-order valence-electron chi connectivity index (χ0n) is 13.8. The second-order valence-electron chi connectivity index (χ2n) is 5.39. The number of pyridine rings is 1. The van der Waals surface area contributed by atoms with E-state index in [9.17, 15) is 4.79 Å². The maximum Gasteiger partial charge on any atom is 0.246 e. The first-order valence-electron chi connectivity index (χ1n) is 7.57. The number of hydrogen-bond acceptors (Lipinski definition) is 3. The maximum atomic E-state index is 12.3. The van der Waals surface area contributed by atoms with Crippen molar-refractivity contribution in [3.63, 3.8) is 0 Å². The first kappa shape index (κ1) is 16.7. The van der Waals surface area contributed by atoms with Gasteiger partial charge in [0.1, 0.15) is 5.75 Å². The van der Waals surface area contributed by atoms with Crippen molar-refractivity contribution in [2.24, 2.45) is 0 Å². The third-order valence-electron chi connectivity index (χ3n) is 3.73. The monoisotopic (exact) mass is 310 g/mol. The van der Waals surface area contributed by atoms with Gasteiger partial charge in [-0.3, -0.25) is 9.78 Å². The maximum absolute atomic E-state index is 12.3. The van der Waals surface area contributed by atoms with Gasteiger partial charge in [0.15, 0.2) is 0 Å². The lowest BCUT2D eigenvalue weighted by Gasteiger charge is -2.16. The van der Waals surface area contributed by atoms with Crippen LogP contribution in [0.2, 0.25) is 0 Å². The zero-order chi connectivity index (χ0) is 16.7. The number of likely N-dealkylation sites (N-methyl/N-ethyl adjacent to an activating group) is 1. The molecule has 23 heavy (non-hydrogen) atoms. The van der Waals surface area contributed by atoms with E-state index in [2.05, 4.69) is 4.98 Å². The number of nitrogens with zero attached hydrogens (tertiary/aromatic N) is 2. The van der Waals surface area contributed by atoms with Crippen LogP contribution in [0.25, 0.3) is 5.57 Å². The first-order chi connectivity index (χ1) is 11.1. The summed E-state index contributed by atoms with van der Waals surface area (Å²) in [7, 11) is 3.45. The fourth-order valence-corrected chi connectivity index (χ4v) is 2.30. The van der Waals surface area contributed by atoms with Gasteiger partial charge in [0.2, 0.25) is 5.91 Å². The normalized spacial score (nSPS) is 11.2. The third kappa shape index (κ3) is 4.68. The molecule has 1 aromatic carbocycles. The van der Waals surface area contributed by atoms with E-state index in [0.717, 1.165) is 23.3 Å². The predicted octanol–water partition coefficient (Wildman–Crippen LogP) is 3.19. The molecule has 120 valence electrons.